The van der Waals surface area contributed by atoms with Gasteiger partial charge in [0.2, 0.25) is 17.7 Å². The average Bonchev–Trinajstić information content (AvgIpc) is 3.12. The average molecular weight is 431 g/mol. The molecule has 1 fully saturated rings. The predicted octanol–water partition coefficient (Wildman–Crippen LogP) is -1.83. The van der Waals surface area contributed by atoms with Gasteiger partial charge >= 0.3 is 5.97 Å². The lowest BCUT2D eigenvalue weighted by Crippen LogP contribution is -2.58. The highest BCUT2D eigenvalue weighted by atomic mass is 16.4. The van der Waals surface area contributed by atoms with Crippen LogP contribution >= 0.6 is 0 Å². The molecule has 0 aliphatic carbocycles. The van der Waals surface area contributed by atoms with Gasteiger partial charge in [-0.25, -0.2) is 4.79 Å². The van der Waals surface area contributed by atoms with Crippen LogP contribution in [0.2, 0.25) is 0 Å². The number of amides is 3. The highest BCUT2D eigenvalue weighted by molar-refractivity contribution is 5.94. The first-order chi connectivity index (χ1) is 13.9. The number of hydrogen-bond donors (Lipinski definition) is 6. The molecule has 0 bridgehead atoms. The summed E-state index contributed by atoms with van der Waals surface area (Å²) in [7, 11) is 0. The SMILES string of the molecule is CC(C)CC(NC(=O)C1CCCN1C(=O)C(N)C(C)O)C(=O)NC(C(=O)O)C(C)O. The molecule has 0 saturated carbocycles. The van der Waals surface area contributed by atoms with E-state index in [1.165, 1.54) is 18.7 Å². The number of nitrogens with zero attached hydrogens (tertiary/aromatic N) is 1. The van der Waals surface area contributed by atoms with Crippen LogP contribution in [-0.2, 0) is 19.2 Å². The molecule has 6 atom stereocenters. The molecule has 0 aromatic rings. The third-order valence-corrected chi connectivity index (χ3v) is 5.03. The quantitative estimate of drug-likeness (QED) is 0.234. The molecule has 1 aliphatic rings. The zero-order valence-electron chi connectivity index (χ0n) is 17.9. The Balaban J connectivity index is 2.93. The van der Waals surface area contributed by atoms with Crippen molar-refractivity contribution in [2.24, 2.45) is 11.7 Å². The molecule has 172 valence electrons. The number of hydrogen-bond acceptors (Lipinski definition) is 7. The molecule has 30 heavy (non-hydrogen) atoms. The van der Waals surface area contributed by atoms with Crippen molar-refractivity contribution in [3.8, 4) is 0 Å². The second kappa shape index (κ2) is 11.2. The summed E-state index contributed by atoms with van der Waals surface area (Å²) in [4.78, 5) is 50.5. The lowest BCUT2D eigenvalue weighted by molar-refractivity contribution is -0.146. The summed E-state index contributed by atoms with van der Waals surface area (Å²) in [5.74, 6) is -3.23. The van der Waals surface area contributed by atoms with Gasteiger partial charge in [0.05, 0.1) is 12.2 Å². The van der Waals surface area contributed by atoms with E-state index in [4.69, 9.17) is 10.8 Å². The van der Waals surface area contributed by atoms with E-state index in [2.05, 4.69) is 10.6 Å². The van der Waals surface area contributed by atoms with Crippen molar-refractivity contribution < 1.29 is 34.5 Å². The third kappa shape index (κ3) is 6.92. The van der Waals surface area contributed by atoms with Crippen molar-refractivity contribution in [3.63, 3.8) is 0 Å². The van der Waals surface area contributed by atoms with E-state index in [-0.39, 0.29) is 12.3 Å². The number of likely N-dealkylation sites (tertiary alicyclic amines) is 1. The zero-order valence-corrected chi connectivity index (χ0v) is 17.9. The molecule has 1 saturated heterocycles. The molecule has 11 heteroatoms. The topological polar surface area (TPSA) is 182 Å². The highest BCUT2D eigenvalue weighted by Crippen LogP contribution is 2.19. The second-order valence-electron chi connectivity index (χ2n) is 8.21. The van der Waals surface area contributed by atoms with Crippen LogP contribution in [0.15, 0.2) is 0 Å². The Morgan fingerprint density at radius 2 is 1.67 bits per heavy atom. The summed E-state index contributed by atoms with van der Waals surface area (Å²) in [5.41, 5.74) is 5.71. The smallest absolute Gasteiger partial charge is 0.328 e. The van der Waals surface area contributed by atoms with E-state index in [9.17, 15) is 29.4 Å². The summed E-state index contributed by atoms with van der Waals surface area (Å²) in [6.07, 6.45) is -1.22. The van der Waals surface area contributed by atoms with Crippen LogP contribution in [0.25, 0.3) is 0 Å². The Labute approximate surface area is 176 Å². The van der Waals surface area contributed by atoms with Gasteiger partial charge in [0, 0.05) is 6.54 Å². The van der Waals surface area contributed by atoms with Crippen molar-refractivity contribution in [1.82, 2.24) is 15.5 Å². The molecule has 0 aromatic carbocycles. The van der Waals surface area contributed by atoms with Crippen molar-refractivity contribution in [1.29, 1.82) is 0 Å². The van der Waals surface area contributed by atoms with E-state index in [0.29, 0.717) is 19.4 Å². The summed E-state index contributed by atoms with van der Waals surface area (Å²) < 4.78 is 0. The highest BCUT2D eigenvalue weighted by Gasteiger charge is 2.39. The number of aliphatic hydroxyl groups excluding tert-OH is 2. The van der Waals surface area contributed by atoms with Gasteiger partial charge in [-0.3, -0.25) is 14.4 Å². The fourth-order valence-corrected chi connectivity index (χ4v) is 3.31. The van der Waals surface area contributed by atoms with Crippen LogP contribution in [-0.4, -0.2) is 86.8 Å². The first-order valence-electron chi connectivity index (χ1n) is 10.1. The number of carboxylic acids is 1. The fourth-order valence-electron chi connectivity index (χ4n) is 3.31. The van der Waals surface area contributed by atoms with Crippen LogP contribution in [0.3, 0.4) is 0 Å². The Kier molecular flexibility index (Phi) is 9.66. The molecule has 0 radical (unpaired) electrons. The van der Waals surface area contributed by atoms with Crippen molar-refractivity contribution in [2.45, 2.75) is 83.3 Å². The van der Waals surface area contributed by atoms with Gasteiger partial charge in [-0.05, 0) is 39.0 Å². The number of rotatable bonds is 10. The summed E-state index contributed by atoms with van der Waals surface area (Å²) in [6, 6.07) is -4.55. The van der Waals surface area contributed by atoms with Crippen molar-refractivity contribution in [2.75, 3.05) is 6.54 Å². The van der Waals surface area contributed by atoms with Crippen molar-refractivity contribution >= 4 is 23.7 Å². The summed E-state index contributed by atoms with van der Waals surface area (Å²) in [6.45, 7) is 6.60. The molecule has 11 nitrogen and oxygen atoms in total. The van der Waals surface area contributed by atoms with Gasteiger partial charge in [-0.2, -0.15) is 0 Å². The van der Waals surface area contributed by atoms with Gasteiger partial charge < -0.3 is 36.6 Å². The minimum Gasteiger partial charge on any atom is -0.480 e. The van der Waals surface area contributed by atoms with E-state index in [1.807, 2.05) is 13.8 Å². The minimum absolute atomic E-state index is 0.000789. The first-order valence-corrected chi connectivity index (χ1v) is 10.1. The maximum Gasteiger partial charge on any atom is 0.328 e. The lowest BCUT2D eigenvalue weighted by atomic mass is 10.0. The number of nitrogens with two attached hydrogens (primary N) is 1. The van der Waals surface area contributed by atoms with Gasteiger partial charge in [-0.1, -0.05) is 13.8 Å². The summed E-state index contributed by atoms with van der Waals surface area (Å²) in [5, 5.41) is 33.2. The number of carbonyl (C=O) groups is 4. The van der Waals surface area contributed by atoms with Crippen LogP contribution in [0, 0.1) is 5.92 Å². The van der Waals surface area contributed by atoms with Gasteiger partial charge in [-0.15, -0.1) is 0 Å². The molecule has 7 N–H and O–H groups in total. The van der Waals surface area contributed by atoms with Crippen LogP contribution in [0.1, 0.15) is 47.0 Å². The van der Waals surface area contributed by atoms with Gasteiger partial charge in [0.1, 0.15) is 18.1 Å². The maximum atomic E-state index is 12.8. The molecule has 6 unspecified atom stereocenters. The van der Waals surface area contributed by atoms with Gasteiger partial charge in [0.25, 0.3) is 0 Å². The standard InChI is InChI=1S/C19H34N4O7/c1-9(2)8-12(16(26)22-15(11(4)25)19(29)30)21-17(27)13-6-5-7-23(13)18(28)14(20)10(3)24/h9-15,24-25H,5-8,20H2,1-4H3,(H,21,27)(H,22,26)(H,29,30). The normalized spacial score (nSPS) is 21.5. The molecule has 3 amide bonds. The maximum absolute atomic E-state index is 12.8. The van der Waals surface area contributed by atoms with Crippen molar-refractivity contribution in [3.05, 3.63) is 0 Å². The Hall–Kier alpha value is -2.24. The van der Waals surface area contributed by atoms with Crippen LogP contribution in [0.5, 0.6) is 0 Å². The molecule has 0 spiro atoms. The largest absolute Gasteiger partial charge is 0.480 e. The molecule has 1 aliphatic heterocycles. The molecular formula is C19H34N4O7. The molecular weight excluding hydrogens is 396 g/mol. The molecule has 1 rings (SSSR count). The third-order valence-electron chi connectivity index (χ3n) is 5.03. The minimum atomic E-state index is -1.52. The first kappa shape index (κ1) is 25.8. The molecule has 1 heterocycles. The second-order valence-corrected chi connectivity index (χ2v) is 8.21. The number of nitrogens with one attached hydrogen (secondary N) is 2. The lowest BCUT2D eigenvalue weighted by Gasteiger charge is -2.29. The van der Waals surface area contributed by atoms with Crippen LogP contribution < -0.4 is 16.4 Å². The van der Waals surface area contributed by atoms with E-state index in [1.54, 1.807) is 0 Å². The fraction of sp³-hybridized carbons (Fsp3) is 0.789. The Morgan fingerprint density at radius 3 is 2.13 bits per heavy atom. The number of carboxylic acid groups (broad SMARTS) is 1. The number of aliphatic hydroxyl groups is 2. The van der Waals surface area contributed by atoms with E-state index >= 15 is 0 Å². The van der Waals surface area contributed by atoms with E-state index in [0.717, 1.165) is 0 Å². The van der Waals surface area contributed by atoms with Crippen LogP contribution in [0.4, 0.5) is 0 Å². The summed E-state index contributed by atoms with van der Waals surface area (Å²) >= 11 is 0. The Morgan fingerprint density at radius 1 is 1.07 bits per heavy atom. The van der Waals surface area contributed by atoms with Gasteiger partial charge in [0.15, 0.2) is 6.04 Å². The monoisotopic (exact) mass is 430 g/mol. The predicted molar refractivity (Wildman–Crippen MR) is 107 cm³/mol. The number of carbonyl (C=O) groups excluding carboxylic acids is 3. The van der Waals surface area contributed by atoms with E-state index < -0.39 is 60.1 Å². The molecule has 0 aromatic heterocycles. The Bertz CT molecular complexity index is 638. The number of aliphatic carboxylic acids is 1. The zero-order chi connectivity index (χ0) is 23.2.